The Morgan fingerprint density at radius 3 is 2.80 bits per heavy atom. The number of aryl methyl sites for hydroxylation is 1. The number of carboxylic acids is 1. The van der Waals surface area contributed by atoms with E-state index in [1.54, 1.807) is 6.92 Å². The van der Waals surface area contributed by atoms with Crippen LogP contribution in [-0.2, 0) is 4.79 Å². The predicted molar refractivity (Wildman–Crippen MR) is 50.4 cm³/mol. The molecule has 2 N–H and O–H groups in total. The van der Waals surface area contributed by atoms with Crippen molar-refractivity contribution in [3.63, 3.8) is 0 Å². The summed E-state index contributed by atoms with van der Waals surface area (Å²) < 4.78 is 4.59. The zero-order chi connectivity index (χ0) is 11.4. The quantitative estimate of drug-likeness (QED) is 0.755. The minimum absolute atomic E-state index is 0.0821. The third kappa shape index (κ3) is 2.80. The van der Waals surface area contributed by atoms with E-state index in [0.29, 0.717) is 11.3 Å². The topological polar surface area (TPSA) is 92.4 Å². The first-order valence-electron chi connectivity index (χ1n) is 4.44. The molecule has 0 aliphatic rings. The van der Waals surface area contributed by atoms with Gasteiger partial charge in [0.1, 0.15) is 11.8 Å². The summed E-state index contributed by atoms with van der Waals surface area (Å²) in [6.07, 6.45) is 1.23. The lowest BCUT2D eigenvalue weighted by atomic mass is 10.2. The monoisotopic (exact) mass is 212 g/mol. The molecule has 1 rings (SSSR count). The summed E-state index contributed by atoms with van der Waals surface area (Å²) in [6, 6.07) is 0. The van der Waals surface area contributed by atoms with Gasteiger partial charge in [0.2, 0.25) is 0 Å². The molecule has 15 heavy (non-hydrogen) atoms. The van der Waals surface area contributed by atoms with Gasteiger partial charge in [-0.15, -0.1) is 0 Å². The van der Waals surface area contributed by atoms with E-state index < -0.39 is 11.9 Å². The summed E-state index contributed by atoms with van der Waals surface area (Å²) in [5.41, 5.74) is 0.808. The van der Waals surface area contributed by atoms with Crippen LogP contribution in [0.5, 0.6) is 0 Å². The van der Waals surface area contributed by atoms with Crippen LogP contribution in [0, 0.1) is 12.8 Å². The van der Waals surface area contributed by atoms with Gasteiger partial charge in [0.15, 0.2) is 0 Å². The Kier molecular flexibility index (Phi) is 3.43. The van der Waals surface area contributed by atoms with Crippen LogP contribution in [-0.4, -0.2) is 28.7 Å². The van der Waals surface area contributed by atoms with Gasteiger partial charge in [-0.25, -0.2) is 0 Å². The lowest BCUT2D eigenvalue weighted by Crippen LogP contribution is -2.31. The number of carbonyl (C=O) groups excluding carboxylic acids is 1. The highest BCUT2D eigenvalue weighted by Gasteiger charge is 2.15. The van der Waals surface area contributed by atoms with E-state index in [0.717, 1.165) is 0 Å². The maximum atomic E-state index is 11.4. The molecule has 0 saturated carbocycles. The van der Waals surface area contributed by atoms with Crippen LogP contribution in [0.4, 0.5) is 0 Å². The Morgan fingerprint density at radius 1 is 1.67 bits per heavy atom. The number of rotatable bonds is 4. The van der Waals surface area contributed by atoms with Gasteiger partial charge in [0.05, 0.1) is 11.6 Å². The lowest BCUT2D eigenvalue weighted by Gasteiger charge is -2.06. The number of hydrogen-bond donors (Lipinski definition) is 2. The molecule has 0 aromatic carbocycles. The highest BCUT2D eigenvalue weighted by Crippen LogP contribution is 2.04. The standard InChI is InChI=1S/C9H12N2O4/c1-5(9(13)14)3-10-8(12)7-4-15-11-6(7)2/h4-5H,3H2,1-2H3,(H,10,12)(H,13,14). The zero-order valence-electron chi connectivity index (χ0n) is 8.48. The molecule has 1 heterocycles. The third-order valence-electron chi connectivity index (χ3n) is 1.98. The van der Waals surface area contributed by atoms with Crippen LogP contribution in [0.15, 0.2) is 10.8 Å². The van der Waals surface area contributed by atoms with Crippen LogP contribution in [0.3, 0.4) is 0 Å². The van der Waals surface area contributed by atoms with E-state index in [4.69, 9.17) is 5.11 Å². The smallest absolute Gasteiger partial charge is 0.308 e. The molecule has 6 heteroatoms. The number of amides is 1. The maximum absolute atomic E-state index is 11.4. The van der Waals surface area contributed by atoms with Crippen molar-refractivity contribution in [3.05, 3.63) is 17.5 Å². The summed E-state index contributed by atoms with van der Waals surface area (Å²) in [6.45, 7) is 3.24. The minimum atomic E-state index is -0.947. The van der Waals surface area contributed by atoms with E-state index in [1.165, 1.54) is 13.2 Å². The van der Waals surface area contributed by atoms with Crippen molar-refractivity contribution < 1.29 is 19.2 Å². The van der Waals surface area contributed by atoms with Crippen molar-refractivity contribution >= 4 is 11.9 Å². The van der Waals surface area contributed by atoms with Gasteiger partial charge in [-0.2, -0.15) is 0 Å². The molecule has 0 saturated heterocycles. The average molecular weight is 212 g/mol. The zero-order valence-corrected chi connectivity index (χ0v) is 8.48. The summed E-state index contributed by atoms with van der Waals surface area (Å²) in [5, 5.41) is 14.6. The van der Waals surface area contributed by atoms with E-state index in [-0.39, 0.29) is 12.5 Å². The van der Waals surface area contributed by atoms with Crippen LogP contribution >= 0.6 is 0 Å². The molecule has 1 unspecified atom stereocenters. The number of aliphatic carboxylic acids is 1. The molecule has 0 aliphatic carbocycles. The molecule has 1 amide bonds. The van der Waals surface area contributed by atoms with E-state index in [2.05, 4.69) is 15.0 Å². The largest absolute Gasteiger partial charge is 0.481 e. The molecule has 0 spiro atoms. The number of carbonyl (C=O) groups is 2. The van der Waals surface area contributed by atoms with Crippen LogP contribution in [0.25, 0.3) is 0 Å². The number of nitrogens with one attached hydrogen (secondary N) is 1. The van der Waals surface area contributed by atoms with Crippen molar-refractivity contribution in [1.29, 1.82) is 0 Å². The Labute approximate surface area is 86.3 Å². The Morgan fingerprint density at radius 2 is 2.33 bits per heavy atom. The Hall–Kier alpha value is -1.85. The molecule has 0 bridgehead atoms. The molecule has 0 fully saturated rings. The molecule has 1 aromatic rings. The van der Waals surface area contributed by atoms with Crippen LogP contribution < -0.4 is 5.32 Å². The van der Waals surface area contributed by atoms with Crippen LogP contribution in [0.1, 0.15) is 23.0 Å². The second kappa shape index (κ2) is 4.59. The maximum Gasteiger partial charge on any atom is 0.308 e. The minimum Gasteiger partial charge on any atom is -0.481 e. The first-order valence-corrected chi connectivity index (χ1v) is 4.44. The molecule has 0 aliphatic heterocycles. The fraction of sp³-hybridized carbons (Fsp3) is 0.444. The van der Waals surface area contributed by atoms with Gasteiger partial charge in [-0.05, 0) is 6.92 Å². The second-order valence-electron chi connectivity index (χ2n) is 3.26. The average Bonchev–Trinajstić information content (AvgIpc) is 2.60. The van der Waals surface area contributed by atoms with E-state index >= 15 is 0 Å². The van der Waals surface area contributed by atoms with Crippen molar-refractivity contribution in [2.24, 2.45) is 5.92 Å². The van der Waals surface area contributed by atoms with Gasteiger partial charge in [0.25, 0.3) is 5.91 Å². The van der Waals surface area contributed by atoms with Gasteiger partial charge >= 0.3 is 5.97 Å². The lowest BCUT2D eigenvalue weighted by molar-refractivity contribution is -0.140. The molecule has 1 aromatic heterocycles. The number of hydrogen-bond acceptors (Lipinski definition) is 4. The number of nitrogens with zero attached hydrogens (tertiary/aromatic N) is 1. The Bertz CT molecular complexity index is 372. The van der Waals surface area contributed by atoms with Crippen molar-refractivity contribution in [1.82, 2.24) is 10.5 Å². The molecular weight excluding hydrogens is 200 g/mol. The third-order valence-corrected chi connectivity index (χ3v) is 1.98. The van der Waals surface area contributed by atoms with Crippen LogP contribution in [0.2, 0.25) is 0 Å². The first kappa shape index (κ1) is 11.2. The summed E-state index contributed by atoms with van der Waals surface area (Å²) >= 11 is 0. The van der Waals surface area contributed by atoms with Crippen molar-refractivity contribution in [2.75, 3.05) is 6.54 Å². The van der Waals surface area contributed by atoms with Gasteiger partial charge in [-0.3, -0.25) is 9.59 Å². The summed E-state index contributed by atoms with van der Waals surface area (Å²) in [4.78, 5) is 21.9. The molecule has 0 radical (unpaired) electrons. The molecule has 6 nitrogen and oxygen atoms in total. The number of carboxylic acid groups (broad SMARTS) is 1. The van der Waals surface area contributed by atoms with E-state index in [9.17, 15) is 9.59 Å². The van der Waals surface area contributed by atoms with Gasteiger partial charge < -0.3 is 14.9 Å². The van der Waals surface area contributed by atoms with Crippen molar-refractivity contribution in [3.8, 4) is 0 Å². The SMILES string of the molecule is Cc1nocc1C(=O)NCC(C)C(=O)O. The summed E-state index contributed by atoms with van der Waals surface area (Å²) in [5.74, 6) is -1.94. The number of aromatic nitrogens is 1. The normalized spacial score (nSPS) is 12.1. The first-order chi connectivity index (χ1) is 7.02. The van der Waals surface area contributed by atoms with Gasteiger partial charge in [0, 0.05) is 6.54 Å². The highest BCUT2D eigenvalue weighted by atomic mass is 16.5. The fourth-order valence-electron chi connectivity index (χ4n) is 0.939. The summed E-state index contributed by atoms with van der Waals surface area (Å²) in [7, 11) is 0. The van der Waals surface area contributed by atoms with E-state index in [1.807, 2.05) is 0 Å². The Balaban J connectivity index is 2.51. The fourth-order valence-corrected chi connectivity index (χ4v) is 0.939. The second-order valence-corrected chi connectivity index (χ2v) is 3.26. The molecule has 1 atom stereocenters. The molecule has 82 valence electrons. The predicted octanol–water partition coefficient (Wildman–Crippen LogP) is 0.434. The molecular formula is C9H12N2O4. The van der Waals surface area contributed by atoms with Gasteiger partial charge in [-0.1, -0.05) is 12.1 Å². The van der Waals surface area contributed by atoms with Crippen molar-refractivity contribution in [2.45, 2.75) is 13.8 Å². The highest BCUT2D eigenvalue weighted by molar-refractivity contribution is 5.94.